The van der Waals surface area contributed by atoms with Gasteiger partial charge in [0.05, 0.1) is 5.54 Å². The van der Waals surface area contributed by atoms with Crippen molar-refractivity contribution in [3.05, 3.63) is 64.1 Å². The summed E-state index contributed by atoms with van der Waals surface area (Å²) >= 11 is 3.44. The van der Waals surface area contributed by atoms with Gasteiger partial charge in [-0.1, -0.05) is 41.1 Å². The van der Waals surface area contributed by atoms with E-state index in [9.17, 15) is 9.59 Å². The van der Waals surface area contributed by atoms with Crippen molar-refractivity contribution in [3.63, 3.8) is 0 Å². The van der Waals surface area contributed by atoms with Crippen molar-refractivity contribution in [2.24, 2.45) is 11.8 Å². The molecule has 4 rings (SSSR count). The Balaban J connectivity index is 1.45. The first-order valence-electron chi connectivity index (χ1n) is 8.96. The summed E-state index contributed by atoms with van der Waals surface area (Å²) in [6.45, 7) is 2.07. The molecule has 2 amide bonds. The van der Waals surface area contributed by atoms with Gasteiger partial charge in [0, 0.05) is 21.6 Å². The number of carbonyl (C=O) groups is 2. The lowest BCUT2D eigenvalue weighted by molar-refractivity contribution is -0.117. The second-order valence-electron chi connectivity index (χ2n) is 7.43. The van der Waals surface area contributed by atoms with Gasteiger partial charge in [-0.3, -0.25) is 9.59 Å². The second kappa shape index (κ2) is 6.54. The summed E-state index contributed by atoms with van der Waals surface area (Å²) in [7, 11) is 0. The molecular weight excluding hydrogens is 392 g/mol. The Bertz CT molecular complexity index is 859. The number of hydrogen-bond acceptors (Lipinski definition) is 2. The van der Waals surface area contributed by atoms with E-state index in [2.05, 4.69) is 33.5 Å². The third-order valence-electron chi connectivity index (χ3n) is 5.34. The molecule has 2 aliphatic carbocycles. The molecule has 0 spiro atoms. The molecule has 2 atom stereocenters. The quantitative estimate of drug-likeness (QED) is 0.761. The van der Waals surface area contributed by atoms with Crippen LogP contribution in [0.4, 0.5) is 5.69 Å². The Morgan fingerprint density at radius 3 is 2.42 bits per heavy atom. The fourth-order valence-corrected chi connectivity index (χ4v) is 3.59. The van der Waals surface area contributed by atoms with Crippen LogP contribution < -0.4 is 10.6 Å². The lowest BCUT2D eigenvalue weighted by Crippen LogP contribution is -2.34. The van der Waals surface area contributed by atoms with E-state index >= 15 is 0 Å². The van der Waals surface area contributed by atoms with Crippen LogP contribution in [0, 0.1) is 11.8 Å². The monoisotopic (exact) mass is 412 g/mol. The summed E-state index contributed by atoms with van der Waals surface area (Å²) in [6.07, 6.45) is 2.83. The average Bonchev–Trinajstić information content (AvgIpc) is 3.54. The van der Waals surface area contributed by atoms with E-state index in [1.165, 1.54) is 0 Å². The summed E-state index contributed by atoms with van der Waals surface area (Å²) in [5.74, 6) is 0.506. The Morgan fingerprint density at radius 2 is 1.81 bits per heavy atom. The molecule has 2 aromatic carbocycles. The van der Waals surface area contributed by atoms with E-state index in [1.807, 2.05) is 30.3 Å². The van der Waals surface area contributed by atoms with Crippen molar-refractivity contribution in [1.82, 2.24) is 5.32 Å². The predicted octanol–water partition coefficient (Wildman–Crippen LogP) is 4.46. The normalized spacial score (nSPS) is 22.4. The zero-order valence-corrected chi connectivity index (χ0v) is 16.2. The minimum absolute atomic E-state index is 0.0450. The van der Waals surface area contributed by atoms with E-state index in [0.717, 1.165) is 29.3 Å². The largest absolute Gasteiger partial charge is 0.343 e. The summed E-state index contributed by atoms with van der Waals surface area (Å²) in [6, 6.07) is 15.2. The molecule has 2 aliphatic rings. The van der Waals surface area contributed by atoms with Crippen molar-refractivity contribution in [2.45, 2.75) is 31.7 Å². The Morgan fingerprint density at radius 1 is 1.12 bits per heavy atom. The maximum Gasteiger partial charge on any atom is 0.252 e. The van der Waals surface area contributed by atoms with Crippen molar-refractivity contribution in [1.29, 1.82) is 0 Å². The predicted molar refractivity (Wildman–Crippen MR) is 105 cm³/mol. The van der Waals surface area contributed by atoms with E-state index in [0.29, 0.717) is 17.2 Å². The van der Waals surface area contributed by atoms with Gasteiger partial charge >= 0.3 is 0 Å². The number of anilines is 1. The minimum Gasteiger partial charge on any atom is -0.343 e. The second-order valence-corrected chi connectivity index (χ2v) is 8.35. The van der Waals surface area contributed by atoms with Crippen LogP contribution in [-0.4, -0.2) is 11.8 Å². The summed E-state index contributed by atoms with van der Waals surface area (Å²) in [4.78, 5) is 24.8. The van der Waals surface area contributed by atoms with Crippen molar-refractivity contribution >= 4 is 33.4 Å². The summed E-state index contributed by atoms with van der Waals surface area (Å²) < 4.78 is 1.02. The molecule has 0 saturated heterocycles. The zero-order chi connectivity index (χ0) is 18.3. The standard InChI is InChI=1S/C21H21BrN2O2/c1-13-11-18(13)20(26)23-17-4-2-3-14(12-17)19(25)24-21(9-10-21)15-5-7-16(22)8-6-15/h2-8,12-13,18H,9-11H2,1H3,(H,23,26)(H,24,25). The molecule has 5 heteroatoms. The SMILES string of the molecule is CC1CC1C(=O)Nc1cccc(C(=O)NC2(c3ccc(Br)cc3)CC2)c1. The molecule has 134 valence electrons. The van der Waals surface area contributed by atoms with Gasteiger partial charge in [0.25, 0.3) is 5.91 Å². The fraction of sp³-hybridized carbons (Fsp3) is 0.333. The molecule has 2 fully saturated rings. The van der Waals surface area contributed by atoms with Crippen LogP contribution in [0.15, 0.2) is 53.0 Å². The molecule has 2 N–H and O–H groups in total. The highest BCUT2D eigenvalue weighted by atomic mass is 79.9. The number of amides is 2. The van der Waals surface area contributed by atoms with Crippen LogP contribution in [0.1, 0.15) is 42.1 Å². The maximum atomic E-state index is 12.7. The van der Waals surface area contributed by atoms with Crippen LogP contribution >= 0.6 is 15.9 Å². The van der Waals surface area contributed by atoms with Crippen molar-refractivity contribution < 1.29 is 9.59 Å². The number of carbonyl (C=O) groups excluding carboxylic acids is 2. The van der Waals surface area contributed by atoms with Crippen LogP contribution in [0.2, 0.25) is 0 Å². The Kier molecular flexibility index (Phi) is 4.35. The molecule has 2 unspecified atom stereocenters. The van der Waals surface area contributed by atoms with Gasteiger partial charge in [-0.2, -0.15) is 0 Å². The first-order valence-corrected chi connectivity index (χ1v) is 9.76. The highest BCUT2D eigenvalue weighted by molar-refractivity contribution is 9.10. The summed E-state index contributed by atoms with van der Waals surface area (Å²) in [5, 5.41) is 6.10. The molecule has 0 aromatic heterocycles. The molecule has 0 bridgehead atoms. The lowest BCUT2D eigenvalue weighted by atomic mass is 10.0. The topological polar surface area (TPSA) is 58.2 Å². The first kappa shape index (κ1) is 17.3. The number of halogens is 1. The van der Waals surface area contributed by atoms with Gasteiger partial charge in [0.2, 0.25) is 5.91 Å². The summed E-state index contributed by atoms with van der Waals surface area (Å²) in [5.41, 5.74) is 2.10. The van der Waals surface area contributed by atoms with Gasteiger partial charge in [0.15, 0.2) is 0 Å². The maximum absolute atomic E-state index is 12.7. The van der Waals surface area contributed by atoms with Crippen LogP contribution in [0.3, 0.4) is 0 Å². The van der Waals surface area contributed by atoms with Gasteiger partial charge in [-0.05, 0) is 61.1 Å². The van der Waals surface area contributed by atoms with E-state index < -0.39 is 0 Å². The smallest absolute Gasteiger partial charge is 0.252 e. The molecular formula is C21H21BrN2O2. The molecule has 26 heavy (non-hydrogen) atoms. The van der Waals surface area contributed by atoms with E-state index in [-0.39, 0.29) is 23.3 Å². The third-order valence-corrected chi connectivity index (χ3v) is 5.87. The van der Waals surface area contributed by atoms with Crippen LogP contribution in [0.25, 0.3) is 0 Å². The highest BCUT2D eigenvalue weighted by Crippen LogP contribution is 2.46. The van der Waals surface area contributed by atoms with Crippen LogP contribution in [0.5, 0.6) is 0 Å². The van der Waals surface area contributed by atoms with E-state index in [1.54, 1.807) is 18.2 Å². The van der Waals surface area contributed by atoms with Gasteiger partial charge < -0.3 is 10.6 Å². The van der Waals surface area contributed by atoms with Gasteiger partial charge in [-0.15, -0.1) is 0 Å². The van der Waals surface area contributed by atoms with Crippen molar-refractivity contribution in [2.75, 3.05) is 5.32 Å². The number of nitrogens with one attached hydrogen (secondary N) is 2. The highest BCUT2D eigenvalue weighted by Gasteiger charge is 2.45. The zero-order valence-electron chi connectivity index (χ0n) is 14.6. The molecule has 2 aromatic rings. The average molecular weight is 413 g/mol. The van der Waals surface area contributed by atoms with Gasteiger partial charge in [-0.25, -0.2) is 0 Å². The van der Waals surface area contributed by atoms with E-state index in [4.69, 9.17) is 0 Å². The first-order chi connectivity index (χ1) is 12.5. The molecule has 2 saturated carbocycles. The van der Waals surface area contributed by atoms with Gasteiger partial charge in [0.1, 0.15) is 0 Å². The molecule has 4 nitrogen and oxygen atoms in total. The third kappa shape index (κ3) is 3.54. The minimum atomic E-state index is -0.263. The Labute approximate surface area is 161 Å². The molecule has 0 heterocycles. The number of benzene rings is 2. The lowest BCUT2D eigenvalue weighted by Gasteiger charge is -2.18. The number of rotatable bonds is 5. The molecule has 0 radical (unpaired) electrons. The fourth-order valence-electron chi connectivity index (χ4n) is 3.33. The van der Waals surface area contributed by atoms with Crippen molar-refractivity contribution in [3.8, 4) is 0 Å². The number of hydrogen-bond donors (Lipinski definition) is 2. The molecule has 0 aliphatic heterocycles. The Hall–Kier alpha value is -2.14. The van der Waals surface area contributed by atoms with Crippen LogP contribution in [-0.2, 0) is 10.3 Å².